The highest BCUT2D eigenvalue weighted by atomic mass is 19.3. The predicted molar refractivity (Wildman–Crippen MR) is 476 cm³/mol. The Kier molecular flexibility index (Phi) is 67.9. The molecule has 0 radical (unpaired) electrons. The third-order valence-electron chi connectivity index (χ3n) is 16.8. The van der Waals surface area contributed by atoms with Crippen LogP contribution in [0.3, 0.4) is 0 Å². The van der Waals surface area contributed by atoms with Crippen molar-refractivity contribution < 1.29 is 108 Å². The van der Waals surface area contributed by atoms with E-state index in [0.29, 0.717) is 87.2 Å². The second-order valence-corrected chi connectivity index (χ2v) is 25.5. The van der Waals surface area contributed by atoms with E-state index in [1.807, 2.05) is 79.8 Å². The number of nitrogens with one attached hydrogen (secondary N) is 19. The quantitative estimate of drug-likeness (QED) is 0.0173. The van der Waals surface area contributed by atoms with Crippen LogP contribution in [-0.2, 0) is 67.3 Å². The highest BCUT2D eigenvalue weighted by Gasteiger charge is 2.77. The summed E-state index contributed by atoms with van der Waals surface area (Å²) in [6, 6.07) is 36.3. The number of carbonyl (C=O) groups excluding carboxylic acids is 16. The van der Waals surface area contributed by atoms with Crippen molar-refractivity contribution in [1.29, 1.82) is 0 Å². The maximum absolute atomic E-state index is 12.8. The molecule has 0 aliphatic heterocycles. The van der Waals surface area contributed by atoms with E-state index in [4.69, 9.17) is 4.74 Å². The highest BCUT2D eigenvalue weighted by molar-refractivity contribution is 6.34. The number of likely N-dealkylation sites (N-methyl/N-ethyl adjacent to an activating group) is 5. The number of benzene rings is 5. The summed E-state index contributed by atoms with van der Waals surface area (Å²) in [6.07, 6.45) is 6.96. The summed E-state index contributed by atoms with van der Waals surface area (Å²) >= 11 is 0. The van der Waals surface area contributed by atoms with Crippen molar-refractivity contribution >= 4 is 94.6 Å². The molecule has 0 heterocycles. The minimum absolute atomic E-state index is 0.0162. The van der Waals surface area contributed by atoms with Crippen LogP contribution >= 0.6 is 0 Å². The fourth-order valence-electron chi connectivity index (χ4n) is 9.23. The zero-order valence-electron chi connectivity index (χ0n) is 76.7. The molecule has 0 bridgehead atoms. The molecule has 6 rings (SSSR count). The first-order valence-electron chi connectivity index (χ1n) is 39.4. The average Bonchev–Trinajstić information content (AvgIpc) is 0.751. The molecule has 42 heteroatoms. The number of hydrogen-bond donors (Lipinski definition) is 19. The minimum Gasteiger partial charge on any atom is -0.380 e. The number of ether oxygens (including phenoxy) is 1. The van der Waals surface area contributed by atoms with E-state index in [1.165, 1.54) is 25.2 Å². The molecular formula is C86H129F6N19O17. The summed E-state index contributed by atoms with van der Waals surface area (Å²) in [4.78, 5) is 172. The topological polar surface area (TPSA) is 511 Å². The molecular weight excluding hydrogens is 1690 g/mol. The zero-order valence-corrected chi connectivity index (χ0v) is 76.7. The largest absolute Gasteiger partial charge is 0.393 e. The minimum atomic E-state index is -6.15. The first-order chi connectivity index (χ1) is 60.5. The van der Waals surface area contributed by atoms with Crippen molar-refractivity contribution in [3.8, 4) is 11.8 Å². The number of rotatable bonds is 25. The van der Waals surface area contributed by atoms with Gasteiger partial charge in [0.15, 0.2) is 0 Å². The van der Waals surface area contributed by atoms with Gasteiger partial charge in [0, 0.05) is 179 Å². The van der Waals surface area contributed by atoms with Crippen LogP contribution in [0.1, 0.15) is 143 Å². The summed E-state index contributed by atoms with van der Waals surface area (Å²) in [5, 5.41) is 44.9. The molecule has 36 nitrogen and oxygen atoms in total. The fraction of sp³-hybridized carbons (Fsp3) is 0.442. The molecule has 712 valence electrons. The van der Waals surface area contributed by atoms with Crippen molar-refractivity contribution in [1.82, 2.24) is 101 Å². The lowest BCUT2D eigenvalue weighted by Crippen LogP contribution is -2.64. The van der Waals surface area contributed by atoms with E-state index >= 15 is 0 Å². The van der Waals surface area contributed by atoms with Gasteiger partial charge in [-0.2, -0.15) is 26.3 Å². The molecule has 19 N–H and O–H groups in total. The lowest BCUT2D eigenvalue weighted by molar-refractivity contribution is -0.286. The van der Waals surface area contributed by atoms with Gasteiger partial charge < -0.3 is 106 Å². The van der Waals surface area contributed by atoms with Crippen LogP contribution in [0, 0.1) is 17.3 Å². The maximum Gasteiger partial charge on any atom is 0.393 e. The lowest BCUT2D eigenvalue weighted by Gasteiger charge is -2.37. The smallest absolute Gasteiger partial charge is 0.380 e. The maximum atomic E-state index is 12.8. The predicted octanol–water partition coefficient (Wildman–Crippen LogP) is 2.48. The van der Waals surface area contributed by atoms with Gasteiger partial charge in [-0.25, -0.2) is 4.79 Å². The number of carbonyl (C=O) groups is 16. The van der Waals surface area contributed by atoms with Gasteiger partial charge in [-0.1, -0.05) is 62.1 Å². The molecule has 17 amide bonds. The molecule has 1 saturated carbocycles. The normalized spacial score (nSPS) is 10.5. The summed E-state index contributed by atoms with van der Waals surface area (Å²) in [5.41, 5.74) is 7.60. The molecule has 0 aromatic heterocycles. The standard InChI is InChI=1S/C11H16N2O.C11H15NO.C11H11NO.C10H12N2O2.C10H13NO2.C8H14N2O2.C7H8F6N2O2.C7H14N2O2.C4H8N2O2.C4H10N2O.C3H8N2O/c1-12-8-7-9-3-5-10(6-4-9)11(14)13-2;2*1-3-4-9-5-7-10(8-6-9)11(13)12-2;1-11-9(13)7-3-5-8(6-4-7)10(14)12-2;1-11-10(12)9-5-3-8(4-6-9)7-13-2;1-9-6(11)8(4-3-5-8)7(12)10-2;1-14-3(16)5(8,9)7(12,13)6(10,11)4(17)15-2;1-8-6(10)4-3-5-7(11)9-2;1-5-3(7)4(8)6-2;1-5-3-4(7)6-2;1-4-3(6)5-2/h3-6,12H,7-8H2,1-2H3,(H,13,14);5-8H,3-4H2,1-2H3,(H,12,13);5-8H,1-2H3,(H,12,13);3-6H,1-2H3,(H,11,13)(H,12,14);3-6H,7H2,1-2H3,(H,11,12);3-5H2,1-2H3,(H,9,11)(H,10,12);1-2H3,(H,14,16)(H,15,17);3-5H2,1-2H3,(H,8,10)(H,9,11);1-2H3,(H,5,7)(H,6,8);5H,3H2,1-2H3,(H,6,7);1-2H3,(H2,4,5,6). The Morgan fingerprint density at radius 2 is 0.656 bits per heavy atom. The number of amides is 17. The molecule has 5 aromatic carbocycles. The van der Waals surface area contributed by atoms with E-state index in [1.54, 1.807) is 161 Å². The molecule has 0 saturated heterocycles. The molecule has 1 fully saturated rings. The number of aryl methyl sites for hydroxylation is 1. The van der Waals surface area contributed by atoms with E-state index in [-0.39, 0.29) is 71.0 Å². The Hall–Kier alpha value is -13.6. The first kappa shape index (κ1) is 123. The van der Waals surface area contributed by atoms with Gasteiger partial charge in [0.25, 0.3) is 47.3 Å². The van der Waals surface area contributed by atoms with Crippen molar-refractivity contribution in [2.45, 2.75) is 96.0 Å². The number of methoxy groups -OCH3 is 1. The Labute approximate surface area is 744 Å². The van der Waals surface area contributed by atoms with Gasteiger partial charge in [-0.3, -0.25) is 71.9 Å². The van der Waals surface area contributed by atoms with E-state index < -0.39 is 46.8 Å². The molecule has 128 heavy (non-hydrogen) atoms. The number of urea groups is 1. The summed E-state index contributed by atoms with van der Waals surface area (Å²) in [7, 11) is 29.9. The molecule has 0 unspecified atom stereocenters. The van der Waals surface area contributed by atoms with Gasteiger partial charge in [0.2, 0.25) is 29.5 Å². The summed E-state index contributed by atoms with van der Waals surface area (Å²) < 4.78 is 81.7. The van der Waals surface area contributed by atoms with Crippen LogP contribution in [0.15, 0.2) is 121 Å². The van der Waals surface area contributed by atoms with Gasteiger partial charge in [-0.15, -0.1) is 5.92 Å². The SMILES string of the molecule is CC#Cc1ccc(C(=O)NC)cc1.CCCc1ccc(C(=O)NC)cc1.CNC(=O)C(=O)NC.CNC(=O)C(F)(F)C(F)(F)C(F)(F)C(=O)NC.CNC(=O)C1(C(=O)NC)CCC1.CNC(=O)CCCC(=O)NC.CNC(=O)NC.CNC(=O)c1ccc(C(=O)NC)cc1.CNC(=O)c1ccc(COC)cc1.CNCC(=O)NC.CNCCc1ccc(C(=O)NC)cc1. The Morgan fingerprint density at radius 1 is 0.359 bits per heavy atom. The Balaban J connectivity index is -0.000000437. The van der Waals surface area contributed by atoms with Gasteiger partial charge in [0.1, 0.15) is 5.41 Å². The summed E-state index contributed by atoms with van der Waals surface area (Å²) in [5.74, 6) is -19.2. The third-order valence-corrected chi connectivity index (χ3v) is 16.8. The highest BCUT2D eigenvalue weighted by Crippen LogP contribution is 2.46. The first-order valence-corrected chi connectivity index (χ1v) is 39.4. The van der Waals surface area contributed by atoms with Crippen LogP contribution in [0.2, 0.25) is 0 Å². The summed E-state index contributed by atoms with van der Waals surface area (Å²) in [6.45, 7) is 5.86. The van der Waals surface area contributed by atoms with E-state index in [0.717, 1.165) is 59.6 Å². The zero-order chi connectivity index (χ0) is 99.2. The molecule has 5 aromatic rings. The molecule has 0 spiro atoms. The monoisotopic (exact) mass is 1810 g/mol. The molecule has 0 atom stereocenters. The van der Waals surface area contributed by atoms with Crippen LogP contribution in [0.4, 0.5) is 31.1 Å². The Morgan fingerprint density at radius 3 is 0.867 bits per heavy atom. The number of alkyl halides is 6. The second-order valence-electron chi connectivity index (χ2n) is 25.5. The number of hydrogen-bond acceptors (Lipinski definition) is 19. The Bertz CT molecular complexity index is 4090. The van der Waals surface area contributed by atoms with Crippen LogP contribution < -0.4 is 101 Å². The number of halogens is 6. The third kappa shape index (κ3) is 48.1. The lowest BCUT2D eigenvalue weighted by atomic mass is 9.67. The molecule has 1 aliphatic carbocycles. The van der Waals surface area contributed by atoms with Crippen LogP contribution in [0.5, 0.6) is 0 Å². The fourth-order valence-corrected chi connectivity index (χ4v) is 9.23. The van der Waals surface area contributed by atoms with Crippen LogP contribution in [0.25, 0.3) is 0 Å². The van der Waals surface area contributed by atoms with Gasteiger partial charge in [0.05, 0.1) is 13.2 Å². The van der Waals surface area contributed by atoms with Crippen LogP contribution in [-0.4, -0.2) is 267 Å². The van der Waals surface area contributed by atoms with Gasteiger partial charge >= 0.3 is 35.6 Å². The van der Waals surface area contributed by atoms with Crippen molar-refractivity contribution in [2.24, 2.45) is 5.41 Å². The van der Waals surface area contributed by atoms with Gasteiger partial charge in [-0.05, 0) is 161 Å². The molecule has 1 aliphatic rings. The van der Waals surface area contributed by atoms with Crippen molar-refractivity contribution in [3.63, 3.8) is 0 Å². The van der Waals surface area contributed by atoms with E-state index in [9.17, 15) is 103 Å². The average molecular weight is 1820 g/mol. The van der Waals surface area contributed by atoms with Crippen molar-refractivity contribution in [3.05, 3.63) is 177 Å². The van der Waals surface area contributed by atoms with E-state index in [2.05, 4.69) is 109 Å². The van der Waals surface area contributed by atoms with Crippen molar-refractivity contribution in [2.75, 3.05) is 154 Å². The second kappa shape index (κ2) is 70.7.